The minimum atomic E-state index is -0.925. The monoisotopic (exact) mass is 398 g/mol. The van der Waals surface area contributed by atoms with Gasteiger partial charge < -0.3 is 14.6 Å². The Kier molecular flexibility index (Phi) is 6.01. The highest BCUT2D eigenvalue weighted by molar-refractivity contribution is 5.75. The van der Waals surface area contributed by atoms with Crippen LogP contribution in [0.15, 0.2) is 36.7 Å². The number of hydrogen-bond acceptors (Lipinski definition) is 4. The van der Waals surface area contributed by atoms with E-state index in [1.165, 1.54) is 4.90 Å². The molecule has 1 amide bonds. The fraction of sp³-hybridized carbons (Fsp3) is 0.478. The number of benzene rings is 1. The lowest BCUT2D eigenvalue weighted by Crippen LogP contribution is -2.53. The summed E-state index contributed by atoms with van der Waals surface area (Å²) >= 11 is 0. The number of rotatable bonds is 6. The van der Waals surface area contributed by atoms with E-state index >= 15 is 0 Å². The molecule has 0 bridgehead atoms. The first kappa shape index (κ1) is 21.0. The SMILES string of the molecule is CC(C)CC(COc1ccc2c(c1)OCc1cnccc1-2)N(C(=O)O)C(C)(C)C. The molecular weight excluding hydrogens is 368 g/mol. The van der Waals surface area contributed by atoms with Gasteiger partial charge in [-0.05, 0) is 56.9 Å². The first-order valence-corrected chi connectivity index (χ1v) is 10.0. The van der Waals surface area contributed by atoms with Crippen molar-refractivity contribution in [3.8, 4) is 22.6 Å². The molecule has 0 aliphatic carbocycles. The maximum absolute atomic E-state index is 11.9. The van der Waals surface area contributed by atoms with Gasteiger partial charge in [0.25, 0.3) is 0 Å². The number of fused-ring (bicyclic) bond motifs is 3. The minimum Gasteiger partial charge on any atom is -0.491 e. The van der Waals surface area contributed by atoms with Crippen molar-refractivity contribution in [1.29, 1.82) is 0 Å². The second-order valence-corrected chi connectivity index (χ2v) is 8.90. The van der Waals surface area contributed by atoms with Crippen LogP contribution in [0.2, 0.25) is 0 Å². The van der Waals surface area contributed by atoms with Crippen LogP contribution in [0, 0.1) is 5.92 Å². The molecule has 1 aliphatic heterocycles. The minimum absolute atomic E-state index is 0.240. The van der Waals surface area contributed by atoms with Gasteiger partial charge in [0.2, 0.25) is 0 Å². The molecule has 0 fully saturated rings. The molecule has 6 heteroatoms. The predicted octanol–water partition coefficient (Wildman–Crippen LogP) is 5.21. The summed E-state index contributed by atoms with van der Waals surface area (Å²) in [6.07, 6.45) is 3.41. The number of ether oxygens (including phenoxy) is 2. The van der Waals surface area contributed by atoms with Crippen molar-refractivity contribution in [3.05, 3.63) is 42.2 Å². The van der Waals surface area contributed by atoms with Crippen molar-refractivity contribution in [3.63, 3.8) is 0 Å². The van der Waals surface area contributed by atoms with Gasteiger partial charge in [-0.1, -0.05) is 13.8 Å². The fourth-order valence-corrected chi connectivity index (χ4v) is 3.87. The molecule has 29 heavy (non-hydrogen) atoms. The summed E-state index contributed by atoms with van der Waals surface area (Å²) in [7, 11) is 0. The number of pyridine rings is 1. The molecule has 0 radical (unpaired) electrons. The Bertz CT molecular complexity index is 873. The van der Waals surface area contributed by atoms with Crippen molar-refractivity contribution in [2.45, 2.75) is 59.2 Å². The van der Waals surface area contributed by atoms with E-state index in [9.17, 15) is 9.90 Å². The molecule has 2 heterocycles. The molecular formula is C23H30N2O4. The lowest BCUT2D eigenvalue weighted by atomic mass is 9.97. The van der Waals surface area contributed by atoms with Crippen molar-refractivity contribution in [2.75, 3.05) is 6.61 Å². The van der Waals surface area contributed by atoms with Crippen LogP contribution in [0.5, 0.6) is 11.5 Å². The van der Waals surface area contributed by atoms with Crippen LogP contribution in [-0.2, 0) is 6.61 Å². The number of amides is 1. The zero-order valence-electron chi connectivity index (χ0n) is 17.8. The Labute approximate surface area is 172 Å². The zero-order valence-corrected chi connectivity index (χ0v) is 17.8. The summed E-state index contributed by atoms with van der Waals surface area (Å²) in [5.41, 5.74) is 2.69. The maximum Gasteiger partial charge on any atom is 0.408 e. The second kappa shape index (κ2) is 8.31. The second-order valence-electron chi connectivity index (χ2n) is 8.90. The zero-order chi connectivity index (χ0) is 21.2. The van der Waals surface area contributed by atoms with Crippen LogP contribution < -0.4 is 9.47 Å². The van der Waals surface area contributed by atoms with E-state index in [1.807, 2.05) is 51.2 Å². The van der Waals surface area contributed by atoms with Crippen LogP contribution in [0.4, 0.5) is 4.79 Å². The Morgan fingerprint density at radius 3 is 2.69 bits per heavy atom. The Morgan fingerprint density at radius 2 is 2.03 bits per heavy atom. The van der Waals surface area contributed by atoms with E-state index in [4.69, 9.17) is 9.47 Å². The van der Waals surface area contributed by atoms with Crippen LogP contribution in [0.1, 0.15) is 46.6 Å². The van der Waals surface area contributed by atoms with Gasteiger partial charge >= 0.3 is 6.09 Å². The van der Waals surface area contributed by atoms with Gasteiger partial charge in [0.15, 0.2) is 0 Å². The van der Waals surface area contributed by atoms with Gasteiger partial charge in [0.05, 0.1) is 6.04 Å². The molecule has 1 unspecified atom stereocenters. The summed E-state index contributed by atoms with van der Waals surface area (Å²) in [5, 5.41) is 9.79. The van der Waals surface area contributed by atoms with Gasteiger partial charge in [-0.3, -0.25) is 9.88 Å². The first-order chi connectivity index (χ1) is 13.7. The molecule has 1 aromatic heterocycles. The first-order valence-electron chi connectivity index (χ1n) is 10.0. The highest BCUT2D eigenvalue weighted by Gasteiger charge is 2.34. The summed E-state index contributed by atoms with van der Waals surface area (Å²) in [6, 6.07) is 7.53. The number of carbonyl (C=O) groups is 1. The summed E-state index contributed by atoms with van der Waals surface area (Å²) in [4.78, 5) is 17.6. The van der Waals surface area contributed by atoms with Crippen molar-refractivity contribution in [2.24, 2.45) is 5.92 Å². The molecule has 0 spiro atoms. The van der Waals surface area contributed by atoms with Gasteiger partial charge in [-0.25, -0.2) is 4.79 Å². The smallest absolute Gasteiger partial charge is 0.408 e. The lowest BCUT2D eigenvalue weighted by Gasteiger charge is -2.40. The van der Waals surface area contributed by atoms with E-state index in [1.54, 1.807) is 6.20 Å². The number of hydrogen-bond donors (Lipinski definition) is 1. The molecule has 1 aliphatic rings. The summed E-state index contributed by atoms with van der Waals surface area (Å²) < 4.78 is 11.9. The van der Waals surface area contributed by atoms with E-state index < -0.39 is 11.6 Å². The Balaban J connectivity index is 1.79. The van der Waals surface area contributed by atoms with Gasteiger partial charge in [-0.15, -0.1) is 0 Å². The predicted molar refractivity (Wildman–Crippen MR) is 112 cm³/mol. The number of carboxylic acid groups (broad SMARTS) is 1. The highest BCUT2D eigenvalue weighted by atomic mass is 16.5. The van der Waals surface area contributed by atoms with E-state index in [-0.39, 0.29) is 6.04 Å². The summed E-state index contributed by atoms with van der Waals surface area (Å²) in [6.45, 7) is 10.7. The molecule has 2 aromatic rings. The third kappa shape index (κ3) is 4.81. The summed E-state index contributed by atoms with van der Waals surface area (Å²) in [5.74, 6) is 1.80. The van der Waals surface area contributed by atoms with Gasteiger partial charge in [0.1, 0.15) is 24.7 Å². The van der Waals surface area contributed by atoms with E-state index in [2.05, 4.69) is 18.8 Å². The van der Waals surface area contributed by atoms with Gasteiger partial charge in [0, 0.05) is 35.1 Å². The Hall–Kier alpha value is -2.76. The molecule has 0 saturated heterocycles. The number of aromatic nitrogens is 1. The van der Waals surface area contributed by atoms with Crippen LogP contribution in [-0.4, -0.2) is 39.3 Å². The normalized spacial score (nSPS) is 13.9. The third-order valence-corrected chi connectivity index (χ3v) is 5.01. The van der Waals surface area contributed by atoms with Crippen molar-refractivity contribution >= 4 is 6.09 Å². The van der Waals surface area contributed by atoms with Crippen molar-refractivity contribution < 1.29 is 19.4 Å². The standard InChI is InChI=1S/C23H30N2O4/c1-15(2)10-17(25(22(26)27)23(3,4)5)14-28-18-6-7-20-19-8-9-24-12-16(19)13-29-21(20)11-18/h6-9,11-12,15,17H,10,13-14H2,1-5H3,(H,26,27). The molecule has 1 atom stereocenters. The average Bonchev–Trinajstić information content (AvgIpc) is 2.64. The largest absolute Gasteiger partial charge is 0.491 e. The molecule has 3 rings (SSSR count). The molecule has 1 N–H and O–H groups in total. The lowest BCUT2D eigenvalue weighted by molar-refractivity contribution is 0.0433. The molecule has 1 aromatic carbocycles. The van der Waals surface area contributed by atoms with Crippen LogP contribution in [0.25, 0.3) is 11.1 Å². The van der Waals surface area contributed by atoms with Gasteiger partial charge in [-0.2, -0.15) is 0 Å². The van der Waals surface area contributed by atoms with E-state index in [0.717, 1.165) is 28.9 Å². The molecule has 6 nitrogen and oxygen atoms in total. The fourth-order valence-electron chi connectivity index (χ4n) is 3.87. The number of nitrogens with zero attached hydrogens (tertiary/aromatic N) is 2. The molecule has 156 valence electrons. The van der Waals surface area contributed by atoms with E-state index in [0.29, 0.717) is 24.9 Å². The average molecular weight is 399 g/mol. The Morgan fingerprint density at radius 1 is 1.28 bits per heavy atom. The van der Waals surface area contributed by atoms with Crippen LogP contribution in [0.3, 0.4) is 0 Å². The van der Waals surface area contributed by atoms with Crippen molar-refractivity contribution in [1.82, 2.24) is 9.88 Å². The van der Waals surface area contributed by atoms with Crippen LogP contribution >= 0.6 is 0 Å². The third-order valence-electron chi connectivity index (χ3n) is 5.01. The quantitative estimate of drug-likeness (QED) is 0.723. The molecule has 0 saturated carbocycles. The maximum atomic E-state index is 11.9. The highest BCUT2D eigenvalue weighted by Crippen LogP contribution is 2.39. The topological polar surface area (TPSA) is 71.9 Å².